The predicted molar refractivity (Wildman–Crippen MR) is 73.4 cm³/mol. The third kappa shape index (κ3) is 1.63. The van der Waals surface area contributed by atoms with E-state index in [1.165, 1.54) is 0 Å². The van der Waals surface area contributed by atoms with E-state index in [2.05, 4.69) is 12.1 Å². The Hall–Kier alpha value is -2.35. The molecule has 0 N–H and O–H groups in total. The van der Waals surface area contributed by atoms with Crippen LogP contribution in [0.5, 0.6) is 5.75 Å². The molecule has 0 saturated carbocycles. The average molecular weight is 236 g/mol. The molecule has 0 aromatic heterocycles. The van der Waals surface area contributed by atoms with Crippen LogP contribution >= 0.6 is 0 Å². The number of hydrogen-bond acceptors (Lipinski definition) is 2. The molecule has 3 rings (SSSR count). The van der Waals surface area contributed by atoms with Crippen LogP contribution in [-0.4, -0.2) is 13.4 Å². The molecule has 0 unspecified atom stereocenters. The van der Waals surface area contributed by atoms with Crippen LogP contribution in [0.1, 0.15) is 10.4 Å². The molecule has 0 heterocycles. The highest BCUT2D eigenvalue weighted by atomic mass is 16.5. The summed E-state index contributed by atoms with van der Waals surface area (Å²) >= 11 is 0. The van der Waals surface area contributed by atoms with E-state index < -0.39 is 0 Å². The van der Waals surface area contributed by atoms with E-state index in [0.717, 1.165) is 27.8 Å². The van der Waals surface area contributed by atoms with Gasteiger partial charge < -0.3 is 4.74 Å². The fourth-order valence-electron chi connectivity index (χ4n) is 2.27. The van der Waals surface area contributed by atoms with Crippen molar-refractivity contribution in [2.45, 2.75) is 0 Å². The van der Waals surface area contributed by atoms with E-state index >= 15 is 0 Å². The lowest BCUT2D eigenvalue weighted by Crippen LogP contribution is -1.89. The van der Waals surface area contributed by atoms with Crippen molar-refractivity contribution in [3.8, 4) is 5.75 Å². The number of aldehydes is 1. The minimum atomic E-state index is 0.662. The summed E-state index contributed by atoms with van der Waals surface area (Å²) in [5, 5.41) is 4.29. The van der Waals surface area contributed by atoms with Crippen molar-refractivity contribution in [1.29, 1.82) is 0 Å². The maximum absolute atomic E-state index is 11.2. The van der Waals surface area contributed by atoms with Gasteiger partial charge in [0.2, 0.25) is 0 Å². The molecule has 2 nitrogen and oxygen atoms in total. The van der Waals surface area contributed by atoms with Gasteiger partial charge in [0, 0.05) is 5.56 Å². The number of ether oxygens (including phenoxy) is 1. The van der Waals surface area contributed by atoms with Crippen molar-refractivity contribution in [2.75, 3.05) is 7.11 Å². The standard InChI is InChI=1S/C16H12O2/c1-18-15-7-13-6-11-4-2-3-5-12(11)9-16(13)14(8-15)10-17/h2-10H,1H3. The van der Waals surface area contributed by atoms with Crippen molar-refractivity contribution < 1.29 is 9.53 Å². The van der Waals surface area contributed by atoms with E-state index in [9.17, 15) is 4.79 Å². The van der Waals surface area contributed by atoms with Crippen LogP contribution in [0.15, 0.2) is 48.5 Å². The molecule has 3 aromatic carbocycles. The maximum atomic E-state index is 11.2. The lowest BCUT2D eigenvalue weighted by atomic mass is 10.00. The van der Waals surface area contributed by atoms with Gasteiger partial charge in [0.25, 0.3) is 0 Å². The first-order valence-electron chi connectivity index (χ1n) is 5.77. The van der Waals surface area contributed by atoms with Gasteiger partial charge in [-0.25, -0.2) is 0 Å². The SMILES string of the molecule is COc1cc(C=O)c2cc3ccccc3cc2c1. The molecule has 3 aromatic rings. The Morgan fingerprint density at radius 2 is 1.67 bits per heavy atom. The summed E-state index contributed by atoms with van der Waals surface area (Å²) < 4.78 is 5.22. The van der Waals surface area contributed by atoms with Gasteiger partial charge in [-0.05, 0) is 45.8 Å². The summed E-state index contributed by atoms with van der Waals surface area (Å²) in [5.41, 5.74) is 0.662. The molecule has 0 aliphatic carbocycles. The van der Waals surface area contributed by atoms with E-state index in [4.69, 9.17) is 4.74 Å². The monoisotopic (exact) mass is 236 g/mol. The minimum absolute atomic E-state index is 0.662. The third-order valence-corrected chi connectivity index (χ3v) is 3.19. The summed E-state index contributed by atoms with van der Waals surface area (Å²) in [6.45, 7) is 0. The highest BCUT2D eigenvalue weighted by Crippen LogP contribution is 2.28. The van der Waals surface area contributed by atoms with Crippen LogP contribution in [0.3, 0.4) is 0 Å². The molecule has 0 atom stereocenters. The fraction of sp³-hybridized carbons (Fsp3) is 0.0625. The van der Waals surface area contributed by atoms with Crippen LogP contribution in [0.2, 0.25) is 0 Å². The molecule has 2 heteroatoms. The topological polar surface area (TPSA) is 26.3 Å². The summed E-state index contributed by atoms with van der Waals surface area (Å²) in [7, 11) is 1.61. The first-order chi connectivity index (χ1) is 8.81. The van der Waals surface area contributed by atoms with Crippen molar-refractivity contribution in [3.63, 3.8) is 0 Å². The summed E-state index contributed by atoms with van der Waals surface area (Å²) in [5.74, 6) is 0.708. The van der Waals surface area contributed by atoms with Crippen LogP contribution in [0, 0.1) is 0 Å². The summed E-state index contributed by atoms with van der Waals surface area (Å²) in [6.07, 6.45) is 0.875. The smallest absolute Gasteiger partial charge is 0.150 e. The number of carbonyl (C=O) groups excluding carboxylic acids is 1. The third-order valence-electron chi connectivity index (χ3n) is 3.19. The number of hydrogen-bond donors (Lipinski definition) is 0. The molecule has 0 bridgehead atoms. The van der Waals surface area contributed by atoms with Gasteiger partial charge in [-0.15, -0.1) is 0 Å². The zero-order valence-electron chi connectivity index (χ0n) is 10.0. The van der Waals surface area contributed by atoms with Crippen molar-refractivity contribution >= 4 is 27.8 Å². The molecule has 0 radical (unpaired) electrons. The van der Waals surface area contributed by atoms with E-state index in [1.807, 2.05) is 30.3 Å². The molecule has 0 aliphatic heterocycles. The second kappa shape index (κ2) is 4.15. The Labute approximate surface area is 105 Å². The Morgan fingerprint density at radius 1 is 0.944 bits per heavy atom. The van der Waals surface area contributed by atoms with Crippen molar-refractivity contribution in [1.82, 2.24) is 0 Å². The van der Waals surface area contributed by atoms with Gasteiger partial charge in [0.15, 0.2) is 6.29 Å². The molecular formula is C16H12O2. The highest BCUT2D eigenvalue weighted by molar-refractivity contribution is 6.05. The Balaban J connectivity index is 2.45. The van der Waals surface area contributed by atoms with Gasteiger partial charge in [0.05, 0.1) is 7.11 Å². The molecule has 0 spiro atoms. The minimum Gasteiger partial charge on any atom is -0.497 e. The molecule has 18 heavy (non-hydrogen) atoms. The van der Waals surface area contributed by atoms with Crippen molar-refractivity contribution in [2.24, 2.45) is 0 Å². The molecule has 0 fully saturated rings. The van der Waals surface area contributed by atoms with Gasteiger partial charge in [0.1, 0.15) is 5.75 Å². The van der Waals surface area contributed by atoms with Crippen LogP contribution in [-0.2, 0) is 0 Å². The number of fused-ring (bicyclic) bond motifs is 2. The van der Waals surface area contributed by atoms with E-state index in [1.54, 1.807) is 13.2 Å². The Bertz CT molecular complexity index is 745. The van der Waals surface area contributed by atoms with Crippen LogP contribution in [0.4, 0.5) is 0 Å². The first kappa shape index (κ1) is 10.8. The number of benzene rings is 3. The van der Waals surface area contributed by atoms with Gasteiger partial charge in [-0.1, -0.05) is 24.3 Å². The first-order valence-corrected chi connectivity index (χ1v) is 5.77. The van der Waals surface area contributed by atoms with Crippen molar-refractivity contribution in [3.05, 3.63) is 54.1 Å². The number of rotatable bonds is 2. The van der Waals surface area contributed by atoms with E-state index in [0.29, 0.717) is 11.3 Å². The Kier molecular flexibility index (Phi) is 2.49. The zero-order valence-corrected chi connectivity index (χ0v) is 10.0. The highest BCUT2D eigenvalue weighted by Gasteiger charge is 2.05. The van der Waals surface area contributed by atoms with Crippen LogP contribution in [0.25, 0.3) is 21.5 Å². The number of carbonyl (C=O) groups is 1. The fourth-order valence-corrected chi connectivity index (χ4v) is 2.27. The molecule has 0 saturated heterocycles. The largest absolute Gasteiger partial charge is 0.497 e. The summed E-state index contributed by atoms with van der Waals surface area (Å²) in [6, 6.07) is 16.0. The normalized spacial score (nSPS) is 10.7. The van der Waals surface area contributed by atoms with E-state index in [-0.39, 0.29) is 0 Å². The quantitative estimate of drug-likeness (QED) is 0.499. The van der Waals surface area contributed by atoms with Crippen LogP contribution < -0.4 is 4.74 Å². The second-order valence-corrected chi connectivity index (χ2v) is 4.25. The lowest BCUT2D eigenvalue weighted by molar-refractivity contribution is 0.112. The van der Waals surface area contributed by atoms with Gasteiger partial charge in [-0.3, -0.25) is 4.79 Å². The molecule has 0 amide bonds. The second-order valence-electron chi connectivity index (χ2n) is 4.25. The van der Waals surface area contributed by atoms with Gasteiger partial charge in [-0.2, -0.15) is 0 Å². The Morgan fingerprint density at radius 3 is 2.33 bits per heavy atom. The molecule has 88 valence electrons. The summed E-state index contributed by atoms with van der Waals surface area (Å²) in [4.78, 5) is 11.2. The zero-order chi connectivity index (χ0) is 12.5. The van der Waals surface area contributed by atoms with Gasteiger partial charge >= 0.3 is 0 Å². The molecular weight excluding hydrogens is 224 g/mol. The molecule has 0 aliphatic rings. The predicted octanol–water partition coefficient (Wildman–Crippen LogP) is 3.81. The maximum Gasteiger partial charge on any atom is 0.150 e. The lowest BCUT2D eigenvalue weighted by Gasteiger charge is -2.07. The average Bonchev–Trinajstić information content (AvgIpc) is 2.43. The number of methoxy groups -OCH3 is 1.